The number of aromatic nitrogens is 3. The molecule has 3 fully saturated rings. The number of piperidine rings is 2. The molecule has 1 N–H and O–H groups in total. The largest absolute Gasteiger partial charge is 0.494 e. The lowest BCUT2D eigenvalue weighted by Gasteiger charge is -2.46. The zero-order chi connectivity index (χ0) is 39.9. The highest BCUT2D eigenvalue weighted by atomic mass is 16.5. The molecule has 5 aromatic rings. The molecule has 1 unspecified atom stereocenters. The fourth-order valence-electron chi connectivity index (χ4n) is 9.18. The Kier molecular flexibility index (Phi) is 10.4. The fourth-order valence-corrected chi connectivity index (χ4v) is 9.18. The van der Waals surface area contributed by atoms with Gasteiger partial charge < -0.3 is 23.8 Å². The van der Waals surface area contributed by atoms with E-state index >= 15 is 0 Å². The number of likely N-dealkylation sites (tertiary alicyclic amines) is 1. The van der Waals surface area contributed by atoms with Gasteiger partial charge in [0.25, 0.3) is 11.8 Å². The van der Waals surface area contributed by atoms with Crippen LogP contribution in [0.3, 0.4) is 0 Å². The molecule has 58 heavy (non-hydrogen) atoms. The van der Waals surface area contributed by atoms with Gasteiger partial charge in [-0.2, -0.15) is 0 Å². The zero-order valence-corrected chi connectivity index (χ0v) is 33.1. The van der Waals surface area contributed by atoms with Crippen molar-refractivity contribution in [3.05, 3.63) is 84.3 Å². The Morgan fingerprint density at radius 3 is 2.41 bits per heavy atom. The van der Waals surface area contributed by atoms with Crippen LogP contribution in [0.25, 0.3) is 32.9 Å². The number of hydrogen-bond donors (Lipinski definition) is 1. The molecule has 4 amide bonds. The molecule has 3 aromatic heterocycles. The summed E-state index contributed by atoms with van der Waals surface area (Å²) < 4.78 is 14.5. The maximum absolute atomic E-state index is 13.1. The molecule has 4 aliphatic rings. The third-order valence-corrected chi connectivity index (χ3v) is 12.7. The number of hydrogen-bond acceptors (Lipinski definition) is 10. The highest BCUT2D eigenvalue weighted by Crippen LogP contribution is 2.35. The summed E-state index contributed by atoms with van der Waals surface area (Å²) in [5.41, 5.74) is 5.03. The lowest BCUT2D eigenvalue weighted by molar-refractivity contribution is -0.136. The zero-order valence-electron chi connectivity index (χ0n) is 33.1. The van der Waals surface area contributed by atoms with Crippen molar-refractivity contribution in [2.45, 2.75) is 82.0 Å². The third kappa shape index (κ3) is 7.33. The van der Waals surface area contributed by atoms with Gasteiger partial charge in [-0.15, -0.1) is 0 Å². The first-order valence-electron chi connectivity index (χ1n) is 20.6. The van der Waals surface area contributed by atoms with Gasteiger partial charge in [0.15, 0.2) is 0 Å². The predicted molar refractivity (Wildman–Crippen MR) is 219 cm³/mol. The van der Waals surface area contributed by atoms with Crippen molar-refractivity contribution in [1.82, 2.24) is 34.6 Å². The lowest BCUT2D eigenvalue weighted by Crippen LogP contribution is -2.54. The molecule has 1 saturated carbocycles. The molecule has 2 saturated heterocycles. The second-order valence-electron chi connectivity index (χ2n) is 16.2. The van der Waals surface area contributed by atoms with Crippen LogP contribution >= 0.6 is 0 Å². The maximum atomic E-state index is 13.1. The number of nitrogens with zero attached hydrogens (tertiary/aromatic N) is 6. The van der Waals surface area contributed by atoms with Gasteiger partial charge in [-0.3, -0.25) is 34.4 Å². The van der Waals surface area contributed by atoms with Crippen LogP contribution in [0.5, 0.6) is 11.6 Å². The predicted octanol–water partition coefficient (Wildman–Crippen LogP) is 5.75. The third-order valence-electron chi connectivity index (χ3n) is 12.7. The summed E-state index contributed by atoms with van der Waals surface area (Å²) in [7, 11) is 4.38. The van der Waals surface area contributed by atoms with Crippen LogP contribution in [0, 0.1) is 0 Å². The smallest absolute Gasteiger partial charge is 0.262 e. The molecule has 0 bridgehead atoms. The second-order valence-corrected chi connectivity index (χ2v) is 16.2. The quantitative estimate of drug-likeness (QED) is 0.116. The van der Waals surface area contributed by atoms with E-state index < -0.39 is 29.7 Å². The summed E-state index contributed by atoms with van der Waals surface area (Å²) in [6.07, 6.45) is 13.5. The fraction of sp³-hybridized carbons (Fsp3) is 0.422. The number of carbonyl (C=O) groups is 4. The minimum Gasteiger partial charge on any atom is -0.494 e. The van der Waals surface area contributed by atoms with Gasteiger partial charge >= 0.3 is 0 Å². The number of imide groups is 2. The Balaban J connectivity index is 0.661. The van der Waals surface area contributed by atoms with Crippen molar-refractivity contribution in [2.75, 3.05) is 33.3 Å². The Labute approximate surface area is 337 Å². The maximum Gasteiger partial charge on any atom is 0.262 e. The Morgan fingerprint density at radius 1 is 0.810 bits per heavy atom. The molecule has 300 valence electrons. The van der Waals surface area contributed by atoms with E-state index in [9.17, 15) is 19.2 Å². The van der Waals surface area contributed by atoms with Crippen LogP contribution in [-0.4, -0.2) is 110 Å². The average Bonchev–Trinajstić information content (AvgIpc) is 3.65. The molecule has 0 spiro atoms. The van der Waals surface area contributed by atoms with Gasteiger partial charge in [0.05, 0.1) is 23.3 Å². The van der Waals surface area contributed by atoms with Crippen LogP contribution < -0.4 is 14.8 Å². The number of rotatable bonds is 13. The number of amides is 4. The first-order valence-corrected chi connectivity index (χ1v) is 20.6. The van der Waals surface area contributed by atoms with Crippen LogP contribution in [-0.2, 0) is 16.6 Å². The lowest BCUT2D eigenvalue weighted by atomic mass is 9.86. The van der Waals surface area contributed by atoms with Crippen molar-refractivity contribution in [3.8, 4) is 22.8 Å². The van der Waals surface area contributed by atoms with Crippen LogP contribution in [0.15, 0.2) is 73.2 Å². The summed E-state index contributed by atoms with van der Waals surface area (Å²) in [5.74, 6) is -0.841. The number of pyridine rings is 2. The van der Waals surface area contributed by atoms with Gasteiger partial charge in [0, 0.05) is 84.9 Å². The average molecular weight is 784 g/mol. The van der Waals surface area contributed by atoms with Gasteiger partial charge in [-0.1, -0.05) is 12.1 Å². The molecule has 9 rings (SSSR count). The molecular weight excluding hydrogens is 735 g/mol. The summed E-state index contributed by atoms with van der Waals surface area (Å²) in [5, 5.41) is 4.59. The van der Waals surface area contributed by atoms with Gasteiger partial charge in [0.1, 0.15) is 17.9 Å². The SMILES string of the molecule is CN(C1CCN(CCCCCOc2ccc3c(c2)C(=O)N(C2CCC(=O)NC2=O)C3=O)CC1)C1CC(Oc2ccc(-c3ccc4c5cnccc5n(C)c4c3)cn2)C1. The monoisotopic (exact) mass is 783 g/mol. The van der Waals surface area contributed by atoms with Crippen molar-refractivity contribution < 1.29 is 28.7 Å². The number of ether oxygens (including phenoxy) is 2. The van der Waals surface area contributed by atoms with Gasteiger partial charge in [-0.05, 0) is 107 Å². The number of nitrogens with one attached hydrogen (secondary N) is 1. The highest BCUT2D eigenvalue weighted by Gasteiger charge is 2.45. The van der Waals surface area contributed by atoms with E-state index in [1.807, 2.05) is 24.7 Å². The molecule has 1 atom stereocenters. The summed E-state index contributed by atoms with van der Waals surface area (Å²) >= 11 is 0. The van der Waals surface area contributed by atoms with Crippen LogP contribution in [0.4, 0.5) is 0 Å². The first-order chi connectivity index (χ1) is 28.2. The molecular formula is C45H49N7O6. The minimum atomic E-state index is -0.977. The molecule has 3 aliphatic heterocycles. The molecule has 13 nitrogen and oxygen atoms in total. The van der Waals surface area contributed by atoms with E-state index in [4.69, 9.17) is 9.47 Å². The minimum absolute atomic E-state index is 0.0904. The highest BCUT2D eigenvalue weighted by molar-refractivity contribution is 6.23. The molecule has 0 radical (unpaired) electrons. The standard InChI is InChI=1S/C45H49N7O6/c1-49(31-23-33(24-31)58-42-13-7-29(26-47-42)28-6-9-34-37-27-46-17-14-38(37)50(2)40(34)22-28)30-15-19-51(20-16-30)18-4-3-5-21-57-32-8-10-35-36(25-32)45(56)52(44(35)55)39-11-12-41(53)48-43(39)54/h6-10,13-14,17,22,25-27,30-31,33,39H,3-5,11-12,15-16,18-21,23-24H2,1-2H3,(H,48,53,54). The van der Waals surface area contributed by atoms with Crippen molar-refractivity contribution in [1.29, 1.82) is 0 Å². The van der Waals surface area contributed by atoms with Crippen molar-refractivity contribution in [2.24, 2.45) is 7.05 Å². The molecule has 13 heteroatoms. The van der Waals surface area contributed by atoms with E-state index in [2.05, 4.69) is 74.1 Å². The van der Waals surface area contributed by atoms with Crippen molar-refractivity contribution in [3.63, 3.8) is 0 Å². The Morgan fingerprint density at radius 2 is 1.62 bits per heavy atom. The summed E-state index contributed by atoms with van der Waals surface area (Å²) in [6.45, 7) is 3.80. The van der Waals surface area contributed by atoms with Crippen LogP contribution in [0.2, 0.25) is 0 Å². The molecule has 6 heterocycles. The Bertz CT molecular complexity index is 2380. The number of fused-ring (bicyclic) bond motifs is 4. The topological polar surface area (TPSA) is 139 Å². The first kappa shape index (κ1) is 37.9. The Hall–Kier alpha value is -5.66. The molecule has 1 aliphatic carbocycles. The van der Waals surface area contributed by atoms with Gasteiger partial charge in [0.2, 0.25) is 17.7 Å². The number of unbranched alkanes of at least 4 members (excludes halogenated alkanes) is 2. The number of aryl methyl sites for hydroxylation is 1. The van der Waals surface area contributed by atoms with E-state index in [-0.39, 0.29) is 30.1 Å². The molecule has 2 aromatic carbocycles. The van der Waals surface area contributed by atoms with Crippen LogP contribution in [0.1, 0.15) is 78.5 Å². The van der Waals surface area contributed by atoms with E-state index in [1.165, 1.54) is 29.3 Å². The number of benzene rings is 2. The van der Waals surface area contributed by atoms with E-state index in [1.54, 1.807) is 18.2 Å². The van der Waals surface area contributed by atoms with Gasteiger partial charge in [-0.25, -0.2) is 4.98 Å². The van der Waals surface area contributed by atoms with Crippen molar-refractivity contribution >= 4 is 45.4 Å². The number of carbonyl (C=O) groups excluding carboxylic acids is 4. The summed E-state index contributed by atoms with van der Waals surface area (Å²) in [4.78, 5) is 65.0. The second kappa shape index (κ2) is 15.9. The van der Waals surface area contributed by atoms with E-state index in [0.717, 1.165) is 73.2 Å². The summed E-state index contributed by atoms with van der Waals surface area (Å²) in [6, 6.07) is 17.7. The normalized spacial score (nSPS) is 21.5. The van der Waals surface area contributed by atoms with E-state index in [0.29, 0.717) is 30.3 Å².